The summed E-state index contributed by atoms with van der Waals surface area (Å²) in [7, 11) is 0. The lowest BCUT2D eigenvalue weighted by molar-refractivity contribution is -0.384. The summed E-state index contributed by atoms with van der Waals surface area (Å²) in [5.74, 6) is 0.0447. The normalized spacial score (nSPS) is 12.4. The number of rotatable bonds is 6. The number of amides is 2. The number of nitro benzene ring substituents is 1. The first-order valence-electron chi connectivity index (χ1n) is 8.27. The van der Waals surface area contributed by atoms with Crippen molar-refractivity contribution in [2.24, 2.45) is 5.10 Å². The maximum absolute atomic E-state index is 12.1. The van der Waals surface area contributed by atoms with Gasteiger partial charge in [-0.2, -0.15) is 5.10 Å². The molecule has 2 amide bonds. The van der Waals surface area contributed by atoms with Gasteiger partial charge >= 0.3 is 0 Å². The molecule has 0 saturated heterocycles. The summed E-state index contributed by atoms with van der Waals surface area (Å²) < 4.78 is 10.8. The number of benzene rings is 2. The van der Waals surface area contributed by atoms with E-state index in [4.69, 9.17) is 9.47 Å². The van der Waals surface area contributed by atoms with Gasteiger partial charge in [0.15, 0.2) is 11.5 Å². The number of ether oxygens (including phenoxy) is 2. The fourth-order valence-electron chi connectivity index (χ4n) is 2.38. The number of hydrogen-bond acceptors (Lipinski definition) is 7. The minimum Gasteiger partial charge on any atom is -0.486 e. The van der Waals surface area contributed by atoms with Crippen molar-refractivity contribution in [1.29, 1.82) is 0 Å². The van der Waals surface area contributed by atoms with E-state index in [0.29, 0.717) is 35.8 Å². The topological polar surface area (TPSA) is 132 Å². The highest BCUT2D eigenvalue weighted by molar-refractivity contribution is 5.97. The van der Waals surface area contributed by atoms with Gasteiger partial charge in [-0.05, 0) is 18.2 Å². The van der Waals surface area contributed by atoms with Gasteiger partial charge in [0.1, 0.15) is 13.2 Å². The molecule has 10 heteroatoms. The van der Waals surface area contributed by atoms with E-state index in [1.165, 1.54) is 24.4 Å². The molecule has 1 heterocycles. The third-order valence-corrected chi connectivity index (χ3v) is 3.70. The number of non-ortho nitro benzene ring substituents is 1. The Morgan fingerprint density at radius 3 is 2.71 bits per heavy atom. The van der Waals surface area contributed by atoms with Crippen molar-refractivity contribution in [3.63, 3.8) is 0 Å². The van der Waals surface area contributed by atoms with E-state index in [9.17, 15) is 19.7 Å². The average Bonchev–Trinajstić information content (AvgIpc) is 2.72. The molecule has 0 radical (unpaired) electrons. The van der Waals surface area contributed by atoms with Crippen molar-refractivity contribution >= 4 is 23.7 Å². The Hall–Kier alpha value is -3.95. The van der Waals surface area contributed by atoms with E-state index in [-0.39, 0.29) is 12.2 Å². The standard InChI is InChI=1S/C18H16N4O6/c23-17(21-20-10-12-2-1-3-14(8-12)22(25)26)11-19-18(24)13-4-5-15-16(9-13)28-7-6-27-15/h1-5,8-10H,6-7,11H2,(H,19,24)(H,21,23). The van der Waals surface area contributed by atoms with E-state index in [0.717, 1.165) is 0 Å². The van der Waals surface area contributed by atoms with E-state index in [1.54, 1.807) is 24.3 Å². The summed E-state index contributed by atoms with van der Waals surface area (Å²) in [5.41, 5.74) is 2.94. The fourth-order valence-corrected chi connectivity index (χ4v) is 2.38. The number of hydrogen-bond donors (Lipinski definition) is 2. The van der Waals surface area contributed by atoms with E-state index < -0.39 is 16.7 Å². The molecule has 0 saturated carbocycles. The second kappa shape index (κ2) is 8.62. The first kappa shape index (κ1) is 18.8. The monoisotopic (exact) mass is 384 g/mol. The van der Waals surface area contributed by atoms with Crippen LogP contribution in [0.4, 0.5) is 5.69 Å². The van der Waals surface area contributed by atoms with Crippen molar-refractivity contribution in [3.8, 4) is 11.5 Å². The summed E-state index contributed by atoms with van der Waals surface area (Å²) in [6.07, 6.45) is 1.27. The Morgan fingerprint density at radius 2 is 1.93 bits per heavy atom. The van der Waals surface area contributed by atoms with Gasteiger partial charge in [0, 0.05) is 23.3 Å². The lowest BCUT2D eigenvalue weighted by Gasteiger charge is -2.18. The SMILES string of the molecule is O=C(CNC(=O)c1ccc2c(c1)OCCO2)NN=Cc1cccc([N+](=O)[O-])c1. The molecular weight excluding hydrogens is 368 g/mol. The van der Waals surface area contributed by atoms with Crippen LogP contribution in [0.5, 0.6) is 11.5 Å². The van der Waals surface area contributed by atoms with Gasteiger partial charge in [-0.15, -0.1) is 0 Å². The molecule has 0 unspecified atom stereocenters. The van der Waals surface area contributed by atoms with Crippen LogP contribution in [-0.2, 0) is 4.79 Å². The minimum atomic E-state index is -0.549. The van der Waals surface area contributed by atoms with Gasteiger partial charge in [-0.25, -0.2) is 5.43 Å². The van der Waals surface area contributed by atoms with Gasteiger partial charge in [-0.3, -0.25) is 19.7 Å². The lowest BCUT2D eigenvalue weighted by atomic mass is 10.2. The van der Waals surface area contributed by atoms with Crippen LogP contribution >= 0.6 is 0 Å². The number of hydrazone groups is 1. The number of fused-ring (bicyclic) bond motifs is 1. The molecule has 3 rings (SSSR count). The molecule has 1 aliphatic rings. The molecule has 0 bridgehead atoms. The maximum atomic E-state index is 12.1. The van der Waals surface area contributed by atoms with E-state index in [1.807, 2.05) is 0 Å². The third kappa shape index (κ3) is 4.81. The zero-order valence-corrected chi connectivity index (χ0v) is 14.6. The molecule has 2 aromatic carbocycles. The second-order valence-electron chi connectivity index (χ2n) is 5.69. The first-order valence-corrected chi connectivity index (χ1v) is 8.27. The largest absolute Gasteiger partial charge is 0.486 e. The minimum absolute atomic E-state index is 0.0815. The molecule has 144 valence electrons. The van der Waals surface area contributed by atoms with Gasteiger partial charge in [0.05, 0.1) is 17.7 Å². The molecule has 28 heavy (non-hydrogen) atoms. The van der Waals surface area contributed by atoms with Crippen molar-refractivity contribution in [2.45, 2.75) is 0 Å². The van der Waals surface area contributed by atoms with Crippen LogP contribution in [0, 0.1) is 10.1 Å². The molecule has 0 aliphatic carbocycles. The Balaban J connectivity index is 1.49. The molecule has 2 N–H and O–H groups in total. The molecule has 1 aliphatic heterocycles. The van der Waals surface area contributed by atoms with Crippen LogP contribution in [0.1, 0.15) is 15.9 Å². The summed E-state index contributed by atoms with van der Waals surface area (Å²) in [5, 5.41) is 16.9. The fraction of sp³-hybridized carbons (Fsp3) is 0.167. The smallest absolute Gasteiger partial charge is 0.270 e. The maximum Gasteiger partial charge on any atom is 0.270 e. The molecule has 0 atom stereocenters. The molecule has 0 aromatic heterocycles. The molecule has 0 fully saturated rings. The summed E-state index contributed by atoms with van der Waals surface area (Å²) in [6, 6.07) is 10.5. The average molecular weight is 384 g/mol. The Morgan fingerprint density at radius 1 is 1.14 bits per heavy atom. The van der Waals surface area contributed by atoms with Gasteiger partial charge in [0.25, 0.3) is 17.5 Å². The van der Waals surface area contributed by atoms with Crippen LogP contribution in [0.25, 0.3) is 0 Å². The number of carbonyl (C=O) groups is 2. The van der Waals surface area contributed by atoms with Crippen LogP contribution in [0.2, 0.25) is 0 Å². The molecule has 10 nitrogen and oxygen atoms in total. The highest BCUT2D eigenvalue weighted by atomic mass is 16.6. The first-order chi connectivity index (χ1) is 13.5. The number of nitro groups is 1. The van der Waals surface area contributed by atoms with Crippen molar-refractivity contribution in [1.82, 2.24) is 10.7 Å². The van der Waals surface area contributed by atoms with Crippen LogP contribution < -0.4 is 20.2 Å². The van der Waals surface area contributed by atoms with Crippen LogP contribution in [0.15, 0.2) is 47.6 Å². The predicted molar refractivity (Wildman–Crippen MR) is 98.6 cm³/mol. The van der Waals surface area contributed by atoms with Crippen molar-refractivity contribution in [3.05, 3.63) is 63.7 Å². The zero-order chi connectivity index (χ0) is 19.9. The van der Waals surface area contributed by atoms with Crippen molar-refractivity contribution in [2.75, 3.05) is 19.8 Å². The Labute approximate surface area is 159 Å². The van der Waals surface area contributed by atoms with E-state index in [2.05, 4.69) is 15.8 Å². The predicted octanol–water partition coefficient (Wildman–Crippen LogP) is 1.25. The molecule has 2 aromatic rings. The van der Waals surface area contributed by atoms with Gasteiger partial charge < -0.3 is 14.8 Å². The number of carbonyl (C=O) groups excluding carboxylic acids is 2. The lowest BCUT2D eigenvalue weighted by Crippen LogP contribution is -2.35. The Kier molecular flexibility index (Phi) is 5.80. The van der Waals surface area contributed by atoms with E-state index >= 15 is 0 Å². The second-order valence-corrected chi connectivity index (χ2v) is 5.69. The van der Waals surface area contributed by atoms with Gasteiger partial charge in [-0.1, -0.05) is 12.1 Å². The number of nitrogens with one attached hydrogen (secondary N) is 2. The van der Waals surface area contributed by atoms with Gasteiger partial charge in [0.2, 0.25) is 0 Å². The number of nitrogens with zero attached hydrogens (tertiary/aromatic N) is 2. The molecule has 0 spiro atoms. The summed E-state index contributed by atoms with van der Waals surface area (Å²) >= 11 is 0. The third-order valence-electron chi connectivity index (χ3n) is 3.70. The summed E-state index contributed by atoms with van der Waals surface area (Å²) in [6.45, 7) is 0.568. The van der Waals surface area contributed by atoms with Crippen LogP contribution in [-0.4, -0.2) is 42.7 Å². The van der Waals surface area contributed by atoms with Crippen molar-refractivity contribution < 1.29 is 24.0 Å². The van der Waals surface area contributed by atoms with Crippen LogP contribution in [0.3, 0.4) is 0 Å². The zero-order valence-electron chi connectivity index (χ0n) is 14.6. The highest BCUT2D eigenvalue weighted by Crippen LogP contribution is 2.30. The highest BCUT2D eigenvalue weighted by Gasteiger charge is 2.15. The Bertz CT molecular complexity index is 943. The summed E-state index contributed by atoms with van der Waals surface area (Å²) in [4.78, 5) is 34.1. The molecular formula is C18H16N4O6. The quantitative estimate of drug-likeness (QED) is 0.438.